The molecule has 0 aliphatic rings. The van der Waals surface area contributed by atoms with Crippen LogP contribution in [-0.2, 0) is 21.3 Å². The van der Waals surface area contributed by atoms with Gasteiger partial charge in [0.1, 0.15) is 0 Å². The number of ether oxygens (including phenoxy) is 1. The minimum Gasteiger partial charge on any atom is -0.383 e. The molecule has 1 aromatic heterocycles. The number of thiazole rings is 1. The van der Waals surface area contributed by atoms with E-state index in [4.69, 9.17) is 16.3 Å². The van der Waals surface area contributed by atoms with Crippen LogP contribution in [0.2, 0.25) is 5.02 Å². The molecule has 0 spiro atoms. The van der Waals surface area contributed by atoms with Crippen molar-refractivity contribution >= 4 is 54.8 Å². The first-order valence-electron chi connectivity index (χ1n) is 10.3. The molecule has 34 heavy (non-hydrogen) atoms. The highest BCUT2D eigenvalue weighted by Gasteiger charge is 2.21. The summed E-state index contributed by atoms with van der Waals surface area (Å²) in [7, 11) is -0.667. The summed E-state index contributed by atoms with van der Waals surface area (Å²) in [5.74, 6) is -0.468. The summed E-state index contributed by atoms with van der Waals surface area (Å²) in [5, 5.41) is 0.600. The Hall–Kier alpha value is -2.98. The highest BCUT2D eigenvalue weighted by Crippen LogP contribution is 2.23. The summed E-state index contributed by atoms with van der Waals surface area (Å²) < 4.78 is 35.2. The zero-order valence-corrected chi connectivity index (χ0v) is 20.9. The Kier molecular flexibility index (Phi) is 7.18. The second-order valence-corrected chi connectivity index (χ2v) is 10.8. The number of carbonyl (C=O) groups excluding carboxylic acids is 1. The van der Waals surface area contributed by atoms with Gasteiger partial charge < -0.3 is 9.30 Å². The second-order valence-electron chi connectivity index (χ2n) is 7.39. The maximum Gasteiger partial charge on any atom is 0.279 e. The van der Waals surface area contributed by atoms with Gasteiger partial charge in [0.15, 0.2) is 4.80 Å². The van der Waals surface area contributed by atoms with Gasteiger partial charge in [0.05, 0.1) is 27.4 Å². The molecule has 0 saturated carbocycles. The van der Waals surface area contributed by atoms with Gasteiger partial charge in [-0.1, -0.05) is 41.1 Å². The van der Waals surface area contributed by atoms with Crippen LogP contribution in [-0.4, -0.2) is 39.7 Å². The first-order chi connectivity index (χ1) is 16.3. The predicted molar refractivity (Wildman–Crippen MR) is 135 cm³/mol. The van der Waals surface area contributed by atoms with Crippen molar-refractivity contribution in [1.29, 1.82) is 0 Å². The first-order valence-corrected chi connectivity index (χ1v) is 13.0. The van der Waals surface area contributed by atoms with E-state index < -0.39 is 15.9 Å². The molecular formula is C24H22ClN3O4S2. The fourth-order valence-corrected chi connectivity index (χ4v) is 5.91. The van der Waals surface area contributed by atoms with Crippen molar-refractivity contribution in [3.63, 3.8) is 0 Å². The van der Waals surface area contributed by atoms with Crippen molar-refractivity contribution in [2.45, 2.75) is 11.4 Å². The highest BCUT2D eigenvalue weighted by atomic mass is 35.5. The van der Waals surface area contributed by atoms with Crippen LogP contribution < -0.4 is 9.11 Å². The second kappa shape index (κ2) is 10.1. The number of aromatic nitrogens is 1. The molecule has 0 fully saturated rings. The Bertz CT molecular complexity index is 1500. The monoisotopic (exact) mass is 515 g/mol. The Labute approximate surface area is 206 Å². The zero-order chi connectivity index (χ0) is 24.3. The lowest BCUT2D eigenvalue weighted by molar-refractivity contribution is 0.0997. The number of amides is 1. The van der Waals surface area contributed by atoms with Crippen molar-refractivity contribution in [3.05, 3.63) is 88.2 Å². The number of hydrogen-bond acceptors (Lipinski definition) is 5. The van der Waals surface area contributed by atoms with Crippen LogP contribution >= 0.6 is 22.9 Å². The van der Waals surface area contributed by atoms with Crippen molar-refractivity contribution in [2.75, 3.05) is 25.1 Å². The molecule has 1 amide bonds. The normalized spacial score (nSPS) is 12.3. The van der Waals surface area contributed by atoms with Gasteiger partial charge in [-0.05, 0) is 54.6 Å². The summed E-state index contributed by atoms with van der Waals surface area (Å²) in [6.07, 6.45) is 0. The third-order valence-corrected chi connectivity index (χ3v) is 8.32. The van der Waals surface area contributed by atoms with Crippen molar-refractivity contribution in [3.8, 4) is 0 Å². The van der Waals surface area contributed by atoms with Gasteiger partial charge in [-0.2, -0.15) is 4.99 Å². The van der Waals surface area contributed by atoms with Crippen LogP contribution in [0.1, 0.15) is 10.4 Å². The molecule has 0 aliphatic carbocycles. The van der Waals surface area contributed by atoms with Crippen LogP contribution in [0.5, 0.6) is 0 Å². The Balaban J connectivity index is 1.65. The zero-order valence-electron chi connectivity index (χ0n) is 18.5. The van der Waals surface area contributed by atoms with Gasteiger partial charge in [-0.25, -0.2) is 8.42 Å². The van der Waals surface area contributed by atoms with Gasteiger partial charge in [0.25, 0.3) is 15.9 Å². The molecule has 0 saturated heterocycles. The summed E-state index contributed by atoms with van der Waals surface area (Å²) in [6, 6.07) is 20.1. The van der Waals surface area contributed by atoms with E-state index in [1.807, 2.05) is 22.8 Å². The summed E-state index contributed by atoms with van der Waals surface area (Å²) >= 11 is 7.48. The molecule has 0 radical (unpaired) electrons. The highest BCUT2D eigenvalue weighted by molar-refractivity contribution is 7.92. The smallest absolute Gasteiger partial charge is 0.279 e. The minimum absolute atomic E-state index is 0.0852. The minimum atomic E-state index is -3.77. The molecule has 10 heteroatoms. The molecule has 4 aromatic rings. The van der Waals surface area contributed by atoms with Crippen molar-refractivity contribution < 1.29 is 17.9 Å². The van der Waals surface area contributed by atoms with E-state index in [0.717, 1.165) is 10.2 Å². The van der Waals surface area contributed by atoms with Gasteiger partial charge in [0, 0.05) is 31.3 Å². The SMILES string of the molecule is COCCn1c(=NC(=O)c2ccc(S(=O)(=O)N(C)c3ccccc3)cc2)sc2cc(Cl)ccc21. The van der Waals surface area contributed by atoms with Gasteiger partial charge >= 0.3 is 0 Å². The number of para-hydroxylation sites is 1. The largest absolute Gasteiger partial charge is 0.383 e. The van der Waals surface area contributed by atoms with Crippen LogP contribution in [0, 0.1) is 0 Å². The van der Waals surface area contributed by atoms with Crippen LogP contribution in [0.4, 0.5) is 5.69 Å². The number of sulfonamides is 1. The first kappa shape index (κ1) is 24.2. The van der Waals surface area contributed by atoms with E-state index in [1.165, 1.54) is 47.0 Å². The number of rotatable bonds is 7. The molecule has 3 aromatic carbocycles. The molecule has 7 nitrogen and oxygen atoms in total. The predicted octanol–water partition coefficient (Wildman–Crippen LogP) is 4.57. The lowest BCUT2D eigenvalue weighted by atomic mass is 10.2. The average molecular weight is 516 g/mol. The standard InChI is InChI=1S/C24H22ClN3O4S2/c1-27(19-6-4-3-5-7-19)34(30,31)20-11-8-17(9-12-20)23(29)26-24-28(14-15-32-2)21-13-10-18(25)16-22(21)33-24/h3-13,16H,14-15H2,1-2H3. The Morgan fingerprint density at radius 2 is 1.79 bits per heavy atom. The quantitative estimate of drug-likeness (QED) is 0.361. The summed E-state index contributed by atoms with van der Waals surface area (Å²) in [5.41, 5.74) is 1.74. The van der Waals surface area contributed by atoms with Crippen LogP contribution in [0.3, 0.4) is 0 Å². The molecule has 0 unspecified atom stereocenters. The van der Waals surface area contributed by atoms with E-state index >= 15 is 0 Å². The van der Waals surface area contributed by atoms with E-state index in [-0.39, 0.29) is 10.5 Å². The number of benzene rings is 3. The molecule has 0 aliphatic heterocycles. The molecular weight excluding hydrogens is 494 g/mol. The van der Waals surface area contributed by atoms with Crippen molar-refractivity contribution in [1.82, 2.24) is 4.57 Å². The molecule has 0 atom stereocenters. The lowest BCUT2D eigenvalue weighted by Gasteiger charge is -2.19. The maximum absolute atomic E-state index is 13.0. The average Bonchev–Trinajstić information content (AvgIpc) is 3.18. The van der Waals surface area contributed by atoms with Gasteiger partial charge in [0.2, 0.25) is 0 Å². The van der Waals surface area contributed by atoms with E-state index in [1.54, 1.807) is 37.4 Å². The molecule has 0 bridgehead atoms. The topological polar surface area (TPSA) is 81.0 Å². The molecule has 176 valence electrons. The van der Waals surface area contributed by atoms with Gasteiger partial charge in [-0.15, -0.1) is 0 Å². The maximum atomic E-state index is 13.0. The number of halogens is 1. The lowest BCUT2D eigenvalue weighted by Crippen LogP contribution is -2.26. The van der Waals surface area contributed by atoms with Crippen LogP contribution in [0.25, 0.3) is 10.2 Å². The van der Waals surface area contributed by atoms with Crippen molar-refractivity contribution in [2.24, 2.45) is 4.99 Å². The summed E-state index contributed by atoms with van der Waals surface area (Å²) in [4.78, 5) is 17.8. The fourth-order valence-electron chi connectivity index (χ4n) is 3.39. The number of hydrogen-bond donors (Lipinski definition) is 0. The third kappa shape index (κ3) is 4.92. The number of anilines is 1. The van der Waals surface area contributed by atoms with Crippen LogP contribution in [0.15, 0.2) is 82.7 Å². The number of carbonyl (C=O) groups is 1. The number of methoxy groups -OCH3 is 1. The number of nitrogens with zero attached hydrogens (tertiary/aromatic N) is 3. The molecule has 0 N–H and O–H groups in total. The number of fused-ring (bicyclic) bond motifs is 1. The van der Waals surface area contributed by atoms with E-state index in [2.05, 4.69) is 4.99 Å². The Morgan fingerprint density at radius 3 is 2.47 bits per heavy atom. The fraction of sp³-hybridized carbons (Fsp3) is 0.167. The van der Waals surface area contributed by atoms with Gasteiger partial charge in [-0.3, -0.25) is 9.10 Å². The molecule has 1 heterocycles. The van der Waals surface area contributed by atoms with E-state index in [0.29, 0.717) is 28.7 Å². The molecule has 4 rings (SSSR count). The Morgan fingerprint density at radius 1 is 1.09 bits per heavy atom. The summed E-state index contributed by atoms with van der Waals surface area (Å²) in [6.45, 7) is 0.977. The third-order valence-electron chi connectivity index (χ3n) is 5.24. The van der Waals surface area contributed by atoms with E-state index in [9.17, 15) is 13.2 Å².